The van der Waals surface area contributed by atoms with Gasteiger partial charge in [-0.05, 0) is 24.6 Å². The average molecular weight is 261 g/mol. The lowest BCUT2D eigenvalue weighted by Gasteiger charge is -2.03. The number of pyridine rings is 1. The summed E-state index contributed by atoms with van der Waals surface area (Å²) in [4.78, 5) is 7.43. The molecule has 0 aliphatic carbocycles. The van der Waals surface area contributed by atoms with E-state index in [2.05, 4.69) is 22.0 Å². The summed E-state index contributed by atoms with van der Waals surface area (Å²) in [5.74, 6) is 0. The molecule has 4 nitrogen and oxygen atoms in total. The normalized spacial score (nSPS) is 11.2. The van der Waals surface area contributed by atoms with Crippen LogP contribution in [0.15, 0.2) is 30.7 Å². The van der Waals surface area contributed by atoms with Gasteiger partial charge in [-0.25, -0.2) is 4.98 Å². The van der Waals surface area contributed by atoms with Crippen molar-refractivity contribution in [3.8, 4) is 0 Å². The highest BCUT2D eigenvalue weighted by molar-refractivity contribution is 6.31. The van der Waals surface area contributed by atoms with E-state index in [1.807, 2.05) is 29.2 Å². The Labute approximate surface area is 110 Å². The number of hydrogen-bond acceptors (Lipinski definition) is 2. The number of nitrogens with one attached hydrogen (secondary N) is 1. The molecule has 0 atom stereocenters. The smallest absolute Gasteiger partial charge is 0.137 e. The summed E-state index contributed by atoms with van der Waals surface area (Å²) in [7, 11) is 0. The SMILES string of the molecule is CCn1nccc1Cc1c[nH]c2ncc(Cl)cc12. The molecule has 0 unspecified atom stereocenters. The van der Waals surface area contributed by atoms with Crippen molar-refractivity contribution >= 4 is 22.6 Å². The maximum Gasteiger partial charge on any atom is 0.137 e. The molecule has 0 fully saturated rings. The summed E-state index contributed by atoms with van der Waals surface area (Å²) in [6.07, 6.45) is 6.30. The Morgan fingerprint density at radius 2 is 2.33 bits per heavy atom. The van der Waals surface area contributed by atoms with Gasteiger partial charge in [0.05, 0.1) is 5.02 Å². The van der Waals surface area contributed by atoms with E-state index in [4.69, 9.17) is 11.6 Å². The number of H-pyrrole nitrogens is 1. The van der Waals surface area contributed by atoms with Crippen LogP contribution in [0.5, 0.6) is 0 Å². The van der Waals surface area contributed by atoms with E-state index in [0.717, 1.165) is 24.0 Å². The molecule has 3 heterocycles. The molecule has 5 heteroatoms. The maximum absolute atomic E-state index is 5.99. The number of hydrogen-bond donors (Lipinski definition) is 1. The number of halogens is 1. The van der Waals surface area contributed by atoms with Gasteiger partial charge < -0.3 is 4.98 Å². The quantitative estimate of drug-likeness (QED) is 0.787. The van der Waals surface area contributed by atoms with Crippen LogP contribution in [0.3, 0.4) is 0 Å². The number of rotatable bonds is 3. The van der Waals surface area contributed by atoms with Crippen molar-refractivity contribution in [1.29, 1.82) is 0 Å². The van der Waals surface area contributed by atoms with E-state index in [0.29, 0.717) is 5.02 Å². The highest BCUT2D eigenvalue weighted by atomic mass is 35.5. The van der Waals surface area contributed by atoms with Gasteiger partial charge in [-0.15, -0.1) is 0 Å². The van der Waals surface area contributed by atoms with E-state index in [-0.39, 0.29) is 0 Å². The highest BCUT2D eigenvalue weighted by Crippen LogP contribution is 2.22. The fourth-order valence-electron chi connectivity index (χ4n) is 2.17. The minimum absolute atomic E-state index is 0.660. The van der Waals surface area contributed by atoms with Crippen molar-refractivity contribution in [2.24, 2.45) is 0 Å². The predicted molar refractivity (Wildman–Crippen MR) is 71.8 cm³/mol. The molecular formula is C13H13ClN4. The van der Waals surface area contributed by atoms with Gasteiger partial charge in [-0.1, -0.05) is 11.6 Å². The molecule has 3 aromatic rings. The molecule has 0 aromatic carbocycles. The third kappa shape index (κ3) is 1.88. The summed E-state index contributed by atoms with van der Waals surface area (Å²) in [6.45, 7) is 2.97. The van der Waals surface area contributed by atoms with Crippen LogP contribution >= 0.6 is 11.6 Å². The number of fused-ring (bicyclic) bond motifs is 1. The lowest BCUT2D eigenvalue weighted by molar-refractivity contribution is 0.630. The largest absolute Gasteiger partial charge is 0.346 e. The fourth-order valence-corrected chi connectivity index (χ4v) is 2.33. The zero-order valence-electron chi connectivity index (χ0n) is 10.0. The molecular weight excluding hydrogens is 248 g/mol. The molecule has 92 valence electrons. The Morgan fingerprint density at radius 3 is 3.17 bits per heavy atom. The van der Waals surface area contributed by atoms with Crippen LogP contribution in [-0.4, -0.2) is 19.7 Å². The van der Waals surface area contributed by atoms with Crippen LogP contribution in [0.2, 0.25) is 5.02 Å². The first-order valence-corrected chi connectivity index (χ1v) is 6.28. The monoisotopic (exact) mass is 260 g/mol. The van der Waals surface area contributed by atoms with Gasteiger partial charge in [-0.3, -0.25) is 4.68 Å². The molecule has 3 aromatic heterocycles. The first-order valence-electron chi connectivity index (χ1n) is 5.90. The minimum atomic E-state index is 0.660. The van der Waals surface area contributed by atoms with Gasteiger partial charge in [0, 0.05) is 42.6 Å². The zero-order chi connectivity index (χ0) is 12.5. The van der Waals surface area contributed by atoms with E-state index < -0.39 is 0 Å². The molecule has 0 radical (unpaired) electrons. The minimum Gasteiger partial charge on any atom is -0.346 e. The van der Waals surface area contributed by atoms with Crippen molar-refractivity contribution in [2.45, 2.75) is 19.9 Å². The Bertz CT molecular complexity index is 683. The average Bonchev–Trinajstić information content (AvgIpc) is 2.97. The summed E-state index contributed by atoms with van der Waals surface area (Å²) < 4.78 is 2.00. The topological polar surface area (TPSA) is 46.5 Å². The van der Waals surface area contributed by atoms with Gasteiger partial charge in [0.1, 0.15) is 5.65 Å². The summed E-state index contributed by atoms with van der Waals surface area (Å²) in [5.41, 5.74) is 3.26. The Kier molecular flexibility index (Phi) is 2.80. The van der Waals surface area contributed by atoms with Crippen LogP contribution in [0, 0.1) is 0 Å². The van der Waals surface area contributed by atoms with E-state index >= 15 is 0 Å². The van der Waals surface area contributed by atoms with Crippen molar-refractivity contribution < 1.29 is 0 Å². The summed E-state index contributed by atoms with van der Waals surface area (Å²) >= 11 is 5.99. The standard InChI is InChI=1S/C13H13ClN4/c1-2-18-11(3-4-17-18)5-9-7-15-13-12(9)6-10(14)8-16-13/h3-4,6-8H,2,5H2,1H3,(H,15,16). The van der Waals surface area contributed by atoms with Crippen molar-refractivity contribution in [2.75, 3.05) is 0 Å². The lowest BCUT2D eigenvalue weighted by atomic mass is 10.1. The molecule has 0 aliphatic heterocycles. The van der Waals surface area contributed by atoms with Gasteiger partial charge in [0.25, 0.3) is 0 Å². The molecule has 0 saturated heterocycles. The lowest BCUT2D eigenvalue weighted by Crippen LogP contribution is -2.02. The zero-order valence-corrected chi connectivity index (χ0v) is 10.8. The third-order valence-corrected chi connectivity index (χ3v) is 3.27. The van der Waals surface area contributed by atoms with Gasteiger partial charge in [-0.2, -0.15) is 5.10 Å². The molecule has 18 heavy (non-hydrogen) atoms. The van der Waals surface area contributed by atoms with E-state index in [1.54, 1.807) is 6.20 Å². The van der Waals surface area contributed by atoms with Gasteiger partial charge in [0.15, 0.2) is 0 Å². The molecule has 0 amide bonds. The number of nitrogens with zero attached hydrogens (tertiary/aromatic N) is 3. The summed E-state index contributed by atoms with van der Waals surface area (Å²) in [6, 6.07) is 3.99. The third-order valence-electron chi connectivity index (χ3n) is 3.06. The van der Waals surface area contributed by atoms with E-state index in [1.165, 1.54) is 11.3 Å². The highest BCUT2D eigenvalue weighted by Gasteiger charge is 2.08. The second kappa shape index (κ2) is 4.46. The summed E-state index contributed by atoms with van der Waals surface area (Å²) in [5, 5.41) is 6.01. The number of aryl methyl sites for hydroxylation is 1. The molecule has 1 N–H and O–H groups in total. The number of aromatic nitrogens is 4. The second-order valence-corrected chi connectivity index (χ2v) is 4.62. The van der Waals surface area contributed by atoms with Crippen LogP contribution in [0.1, 0.15) is 18.2 Å². The van der Waals surface area contributed by atoms with E-state index in [9.17, 15) is 0 Å². The van der Waals surface area contributed by atoms with Crippen LogP contribution in [0.25, 0.3) is 11.0 Å². The molecule has 0 spiro atoms. The molecule has 0 saturated carbocycles. The van der Waals surface area contributed by atoms with Gasteiger partial charge in [0.2, 0.25) is 0 Å². The Balaban J connectivity index is 2.02. The second-order valence-electron chi connectivity index (χ2n) is 4.18. The fraction of sp³-hybridized carbons (Fsp3) is 0.231. The number of aromatic amines is 1. The van der Waals surface area contributed by atoms with Crippen molar-refractivity contribution in [3.63, 3.8) is 0 Å². The van der Waals surface area contributed by atoms with Crippen molar-refractivity contribution in [3.05, 3.63) is 47.0 Å². The van der Waals surface area contributed by atoms with Crippen LogP contribution in [0.4, 0.5) is 0 Å². The Morgan fingerprint density at radius 1 is 1.44 bits per heavy atom. The van der Waals surface area contributed by atoms with Crippen LogP contribution < -0.4 is 0 Å². The van der Waals surface area contributed by atoms with Crippen LogP contribution in [-0.2, 0) is 13.0 Å². The molecule has 3 rings (SSSR count). The first-order chi connectivity index (χ1) is 8.78. The predicted octanol–water partition coefficient (Wildman–Crippen LogP) is 3.02. The molecule has 0 bridgehead atoms. The maximum atomic E-state index is 5.99. The first kappa shape index (κ1) is 11.3. The van der Waals surface area contributed by atoms with Gasteiger partial charge >= 0.3 is 0 Å². The van der Waals surface area contributed by atoms with Crippen molar-refractivity contribution in [1.82, 2.24) is 19.7 Å². The Hall–Kier alpha value is -1.81. The molecule has 0 aliphatic rings.